The van der Waals surface area contributed by atoms with Crippen molar-refractivity contribution in [3.05, 3.63) is 0 Å². The van der Waals surface area contributed by atoms with E-state index in [1.807, 2.05) is 6.92 Å². The van der Waals surface area contributed by atoms with Gasteiger partial charge in [0.25, 0.3) is 0 Å². The minimum atomic E-state index is -0.857. The minimum Gasteiger partial charge on any atom is -0.480 e. The summed E-state index contributed by atoms with van der Waals surface area (Å²) in [7, 11) is 0. The van der Waals surface area contributed by atoms with Gasteiger partial charge in [-0.05, 0) is 31.2 Å². The summed E-state index contributed by atoms with van der Waals surface area (Å²) < 4.78 is 5.53. The van der Waals surface area contributed by atoms with E-state index in [9.17, 15) is 9.90 Å². The molecule has 1 aliphatic rings. The van der Waals surface area contributed by atoms with Crippen LogP contribution in [0.5, 0.6) is 0 Å². The van der Waals surface area contributed by atoms with E-state index in [-0.39, 0.29) is 12.5 Å². The summed E-state index contributed by atoms with van der Waals surface area (Å²) in [5.41, 5.74) is -0.857. The van der Waals surface area contributed by atoms with E-state index in [1.54, 1.807) is 0 Å². The van der Waals surface area contributed by atoms with E-state index < -0.39 is 11.5 Å². The van der Waals surface area contributed by atoms with Crippen molar-refractivity contribution in [2.24, 2.45) is 11.8 Å². The van der Waals surface area contributed by atoms with Crippen LogP contribution in [0, 0.1) is 11.8 Å². The van der Waals surface area contributed by atoms with E-state index >= 15 is 0 Å². The number of carboxylic acid groups (broad SMARTS) is 1. The Bertz CT molecular complexity index is 238. The number of rotatable bonds is 8. The molecular weight excluding hydrogens is 206 g/mol. The van der Waals surface area contributed by atoms with Crippen LogP contribution >= 0.6 is 0 Å². The van der Waals surface area contributed by atoms with Crippen molar-refractivity contribution in [2.75, 3.05) is 19.8 Å². The van der Waals surface area contributed by atoms with Gasteiger partial charge in [-0.2, -0.15) is 0 Å². The third-order valence-electron chi connectivity index (χ3n) is 2.93. The summed E-state index contributed by atoms with van der Waals surface area (Å²) in [6.45, 7) is 7.61. The highest BCUT2D eigenvalue weighted by Crippen LogP contribution is 2.40. The van der Waals surface area contributed by atoms with E-state index in [0.29, 0.717) is 19.1 Å². The van der Waals surface area contributed by atoms with Gasteiger partial charge in [-0.3, -0.25) is 10.1 Å². The highest BCUT2D eigenvalue weighted by molar-refractivity contribution is 5.80. The maximum Gasteiger partial charge on any atom is 0.326 e. The molecule has 0 radical (unpaired) electrons. The summed E-state index contributed by atoms with van der Waals surface area (Å²) >= 11 is 0. The third kappa shape index (κ3) is 3.19. The number of ether oxygens (including phenoxy) is 1. The quantitative estimate of drug-likeness (QED) is 0.662. The Kier molecular flexibility index (Phi) is 4.74. The van der Waals surface area contributed by atoms with Crippen LogP contribution in [0.4, 0.5) is 0 Å². The van der Waals surface area contributed by atoms with Crippen LogP contribution in [0.15, 0.2) is 0 Å². The Balaban J connectivity index is 2.57. The lowest BCUT2D eigenvalue weighted by Gasteiger charge is -2.30. The number of aliphatic carboxylic acids is 1. The summed E-state index contributed by atoms with van der Waals surface area (Å²) in [6.07, 6.45) is 1.98. The van der Waals surface area contributed by atoms with E-state index in [1.165, 1.54) is 0 Å². The van der Waals surface area contributed by atoms with Gasteiger partial charge in [0.2, 0.25) is 0 Å². The Labute approximate surface area is 97.4 Å². The molecule has 0 heterocycles. The predicted molar refractivity (Wildman–Crippen MR) is 62.4 cm³/mol. The van der Waals surface area contributed by atoms with E-state index in [4.69, 9.17) is 4.74 Å². The maximum atomic E-state index is 11.4. The van der Waals surface area contributed by atoms with Gasteiger partial charge in [-0.25, -0.2) is 0 Å². The molecule has 1 saturated carbocycles. The van der Waals surface area contributed by atoms with Crippen LogP contribution in [0.3, 0.4) is 0 Å². The van der Waals surface area contributed by atoms with Crippen LogP contribution in [0.2, 0.25) is 0 Å². The zero-order chi connectivity index (χ0) is 12.2. The molecule has 16 heavy (non-hydrogen) atoms. The van der Waals surface area contributed by atoms with Gasteiger partial charge in [0.1, 0.15) is 5.54 Å². The molecule has 0 aromatic rings. The first-order chi connectivity index (χ1) is 7.53. The normalized spacial score (nSPS) is 19.8. The maximum absolute atomic E-state index is 11.4. The molecule has 1 unspecified atom stereocenters. The Hall–Kier alpha value is -0.610. The Morgan fingerprint density at radius 2 is 2.19 bits per heavy atom. The average Bonchev–Trinajstić information content (AvgIpc) is 2.98. The molecule has 1 rings (SSSR count). The highest BCUT2D eigenvalue weighted by atomic mass is 16.5. The van der Waals surface area contributed by atoms with Crippen molar-refractivity contribution in [1.82, 2.24) is 5.32 Å². The number of hydrogen-bond donors (Lipinski definition) is 2. The van der Waals surface area contributed by atoms with Gasteiger partial charge < -0.3 is 9.84 Å². The molecule has 4 nitrogen and oxygen atoms in total. The molecule has 94 valence electrons. The van der Waals surface area contributed by atoms with Gasteiger partial charge in [0, 0.05) is 6.61 Å². The van der Waals surface area contributed by atoms with E-state index in [0.717, 1.165) is 12.8 Å². The molecule has 1 fully saturated rings. The second-order valence-electron chi connectivity index (χ2n) is 4.99. The van der Waals surface area contributed by atoms with Crippen molar-refractivity contribution < 1.29 is 14.6 Å². The summed E-state index contributed by atoms with van der Waals surface area (Å²) in [4.78, 5) is 11.4. The van der Waals surface area contributed by atoms with Gasteiger partial charge in [0.05, 0.1) is 6.61 Å². The molecule has 1 atom stereocenters. The lowest BCUT2D eigenvalue weighted by atomic mass is 9.94. The average molecular weight is 229 g/mol. The first-order valence-corrected chi connectivity index (χ1v) is 6.09. The summed E-state index contributed by atoms with van der Waals surface area (Å²) in [6, 6.07) is 0. The van der Waals surface area contributed by atoms with Crippen molar-refractivity contribution in [3.63, 3.8) is 0 Å². The first kappa shape index (κ1) is 13.5. The predicted octanol–water partition coefficient (Wildman–Crippen LogP) is 1.50. The number of carboxylic acids is 1. The number of hydrogen-bond acceptors (Lipinski definition) is 3. The number of carbonyl (C=O) groups is 1. The molecule has 0 amide bonds. The monoisotopic (exact) mass is 229 g/mol. The van der Waals surface area contributed by atoms with Crippen molar-refractivity contribution in [3.8, 4) is 0 Å². The molecule has 0 aromatic heterocycles. The van der Waals surface area contributed by atoms with Gasteiger partial charge in [-0.1, -0.05) is 20.8 Å². The zero-order valence-corrected chi connectivity index (χ0v) is 10.5. The van der Waals surface area contributed by atoms with E-state index in [2.05, 4.69) is 19.2 Å². The molecule has 1 aliphatic carbocycles. The Morgan fingerprint density at radius 3 is 2.56 bits per heavy atom. The molecule has 0 bridgehead atoms. The molecule has 0 aliphatic heterocycles. The minimum absolute atomic E-state index is 0.233. The van der Waals surface area contributed by atoms with Crippen molar-refractivity contribution in [1.29, 1.82) is 0 Å². The molecule has 0 spiro atoms. The van der Waals surface area contributed by atoms with Crippen LogP contribution in [0.25, 0.3) is 0 Å². The summed E-state index contributed by atoms with van der Waals surface area (Å²) in [5, 5.41) is 12.5. The fourth-order valence-corrected chi connectivity index (χ4v) is 1.97. The molecule has 4 heteroatoms. The molecule has 0 saturated heterocycles. The lowest BCUT2D eigenvalue weighted by Crippen LogP contribution is -2.57. The number of nitrogens with one attached hydrogen (secondary N) is 1. The number of likely N-dealkylation sites (N-methyl/N-ethyl adjacent to an activating group) is 1. The largest absolute Gasteiger partial charge is 0.480 e. The van der Waals surface area contributed by atoms with Crippen LogP contribution in [0.1, 0.15) is 33.6 Å². The fourth-order valence-electron chi connectivity index (χ4n) is 1.97. The SMILES string of the molecule is CCNC(COCC(C)C)(C(=O)O)C1CC1. The van der Waals surface area contributed by atoms with Gasteiger partial charge in [0.15, 0.2) is 0 Å². The van der Waals surface area contributed by atoms with Crippen LogP contribution < -0.4 is 5.32 Å². The lowest BCUT2D eigenvalue weighted by molar-refractivity contribution is -0.149. The molecule has 0 aromatic carbocycles. The molecular formula is C12H23NO3. The second kappa shape index (κ2) is 5.64. The van der Waals surface area contributed by atoms with Crippen molar-refractivity contribution >= 4 is 5.97 Å². The molecule has 2 N–H and O–H groups in total. The summed E-state index contributed by atoms with van der Waals surface area (Å²) in [5.74, 6) is -0.106. The van der Waals surface area contributed by atoms with Gasteiger partial charge in [-0.15, -0.1) is 0 Å². The van der Waals surface area contributed by atoms with Gasteiger partial charge >= 0.3 is 5.97 Å². The first-order valence-electron chi connectivity index (χ1n) is 6.09. The topological polar surface area (TPSA) is 58.6 Å². The smallest absolute Gasteiger partial charge is 0.326 e. The Morgan fingerprint density at radius 1 is 1.56 bits per heavy atom. The van der Waals surface area contributed by atoms with Crippen LogP contribution in [-0.2, 0) is 9.53 Å². The standard InChI is InChI=1S/C12H23NO3/c1-4-13-12(11(14)15,10-5-6-10)8-16-7-9(2)3/h9-10,13H,4-8H2,1-3H3,(H,14,15). The van der Waals surface area contributed by atoms with Crippen molar-refractivity contribution in [2.45, 2.75) is 39.2 Å². The zero-order valence-electron chi connectivity index (χ0n) is 10.5. The highest BCUT2D eigenvalue weighted by Gasteiger charge is 2.51. The third-order valence-corrected chi connectivity index (χ3v) is 2.93. The second-order valence-corrected chi connectivity index (χ2v) is 4.99. The van der Waals surface area contributed by atoms with Crippen LogP contribution in [-0.4, -0.2) is 36.4 Å². The fraction of sp³-hybridized carbons (Fsp3) is 0.917.